The van der Waals surface area contributed by atoms with Crippen LogP contribution in [0.3, 0.4) is 0 Å². The number of nitrogens with zero attached hydrogens (tertiary/aromatic N) is 2. The van der Waals surface area contributed by atoms with Crippen LogP contribution in [0.5, 0.6) is 0 Å². The molecule has 138 valence electrons. The van der Waals surface area contributed by atoms with E-state index in [4.69, 9.17) is 4.74 Å². The zero-order valence-corrected chi connectivity index (χ0v) is 18.0. The summed E-state index contributed by atoms with van der Waals surface area (Å²) >= 11 is 1.70. The van der Waals surface area contributed by atoms with E-state index in [9.17, 15) is 0 Å². The van der Waals surface area contributed by atoms with Crippen molar-refractivity contribution in [2.75, 3.05) is 19.7 Å². The van der Waals surface area contributed by atoms with Gasteiger partial charge in [0.15, 0.2) is 5.96 Å². The van der Waals surface area contributed by atoms with Crippen molar-refractivity contribution in [3.8, 4) is 0 Å². The lowest BCUT2D eigenvalue weighted by atomic mass is 9.98. The smallest absolute Gasteiger partial charge is 0.191 e. The van der Waals surface area contributed by atoms with Gasteiger partial charge in [-0.1, -0.05) is 19.3 Å². The molecule has 1 heterocycles. The molecule has 1 saturated carbocycles. The van der Waals surface area contributed by atoms with Gasteiger partial charge in [-0.05, 0) is 33.1 Å². The van der Waals surface area contributed by atoms with Crippen LogP contribution in [-0.2, 0) is 11.3 Å². The number of guanidine groups is 1. The molecule has 2 N–H and O–H groups in total. The van der Waals surface area contributed by atoms with E-state index in [1.54, 1.807) is 11.3 Å². The number of aromatic nitrogens is 1. The predicted molar refractivity (Wildman–Crippen MR) is 113 cm³/mol. The normalized spacial score (nSPS) is 15.8. The molecule has 0 aromatic carbocycles. The molecule has 0 saturated heterocycles. The first-order valence-corrected chi connectivity index (χ1v) is 9.64. The fraction of sp³-hybridized carbons (Fsp3) is 0.765. The maximum absolute atomic E-state index is 5.95. The molecule has 0 amide bonds. The van der Waals surface area contributed by atoms with Crippen LogP contribution in [0.2, 0.25) is 0 Å². The summed E-state index contributed by atoms with van der Waals surface area (Å²) in [5.74, 6) is 0.871. The third-order valence-electron chi connectivity index (χ3n) is 3.93. The van der Waals surface area contributed by atoms with Crippen molar-refractivity contribution in [2.24, 2.45) is 4.99 Å². The Labute approximate surface area is 167 Å². The Kier molecular flexibility index (Phi) is 11.6. The first-order chi connectivity index (χ1) is 11.3. The molecule has 0 aliphatic heterocycles. The van der Waals surface area contributed by atoms with E-state index in [2.05, 4.69) is 27.5 Å². The SMILES string of the molecule is CCNC(=NCc1cnc(C)s1)NCCCOC1CCCCC1.I. The number of ether oxygens (including phenoxy) is 1. The molecule has 1 aliphatic rings. The minimum atomic E-state index is 0. The van der Waals surface area contributed by atoms with E-state index in [-0.39, 0.29) is 24.0 Å². The lowest BCUT2D eigenvalue weighted by Crippen LogP contribution is -2.38. The highest BCUT2D eigenvalue weighted by molar-refractivity contribution is 14.0. The van der Waals surface area contributed by atoms with Crippen LogP contribution in [0.4, 0.5) is 0 Å². The van der Waals surface area contributed by atoms with Crippen molar-refractivity contribution in [2.45, 2.75) is 65.0 Å². The number of hydrogen-bond donors (Lipinski definition) is 2. The second-order valence-electron chi connectivity index (χ2n) is 5.95. The highest BCUT2D eigenvalue weighted by Crippen LogP contribution is 2.20. The van der Waals surface area contributed by atoms with Gasteiger partial charge in [0.05, 0.1) is 17.7 Å². The van der Waals surface area contributed by atoms with E-state index < -0.39 is 0 Å². The molecule has 0 atom stereocenters. The molecule has 0 bridgehead atoms. The summed E-state index contributed by atoms with van der Waals surface area (Å²) in [6.45, 7) is 7.38. The summed E-state index contributed by atoms with van der Waals surface area (Å²) in [5.41, 5.74) is 0. The average molecular weight is 466 g/mol. The highest BCUT2D eigenvalue weighted by atomic mass is 127. The zero-order valence-electron chi connectivity index (χ0n) is 14.8. The van der Waals surface area contributed by atoms with Gasteiger partial charge in [0, 0.05) is 30.8 Å². The Bertz CT molecular complexity index is 475. The average Bonchev–Trinajstić information content (AvgIpc) is 2.98. The van der Waals surface area contributed by atoms with Crippen LogP contribution in [0.15, 0.2) is 11.2 Å². The number of aliphatic imine (C=N–C) groups is 1. The van der Waals surface area contributed by atoms with Gasteiger partial charge in [-0.15, -0.1) is 35.3 Å². The van der Waals surface area contributed by atoms with Crippen molar-refractivity contribution >= 4 is 41.3 Å². The highest BCUT2D eigenvalue weighted by Gasteiger charge is 2.12. The van der Waals surface area contributed by atoms with Crippen LogP contribution in [0.25, 0.3) is 0 Å². The Morgan fingerprint density at radius 1 is 1.33 bits per heavy atom. The summed E-state index contributed by atoms with van der Waals surface area (Å²) in [7, 11) is 0. The molecule has 1 fully saturated rings. The maximum atomic E-state index is 5.95. The zero-order chi connectivity index (χ0) is 16.3. The largest absolute Gasteiger partial charge is 0.378 e. The lowest BCUT2D eigenvalue weighted by molar-refractivity contribution is 0.0277. The molecule has 5 nitrogen and oxygen atoms in total. The van der Waals surface area contributed by atoms with Gasteiger partial charge in [-0.3, -0.25) is 0 Å². The van der Waals surface area contributed by atoms with Gasteiger partial charge < -0.3 is 15.4 Å². The number of rotatable bonds is 8. The molecule has 2 rings (SSSR count). The molecule has 1 aliphatic carbocycles. The molecule has 1 aromatic heterocycles. The minimum absolute atomic E-state index is 0. The maximum Gasteiger partial charge on any atom is 0.191 e. The van der Waals surface area contributed by atoms with Crippen LogP contribution in [0.1, 0.15) is 55.3 Å². The van der Waals surface area contributed by atoms with Gasteiger partial charge in [0.25, 0.3) is 0 Å². The number of nitrogens with one attached hydrogen (secondary N) is 2. The lowest BCUT2D eigenvalue weighted by Gasteiger charge is -2.22. The summed E-state index contributed by atoms with van der Waals surface area (Å²) in [5, 5.41) is 7.75. The Morgan fingerprint density at radius 3 is 2.79 bits per heavy atom. The number of thiazole rings is 1. The van der Waals surface area contributed by atoms with Crippen LogP contribution in [0, 0.1) is 6.92 Å². The summed E-state index contributed by atoms with van der Waals surface area (Å²) in [6.07, 6.45) is 9.95. The van der Waals surface area contributed by atoms with E-state index in [1.165, 1.54) is 37.0 Å². The van der Waals surface area contributed by atoms with Crippen molar-refractivity contribution in [3.05, 3.63) is 16.1 Å². The Balaban J connectivity index is 0.00000288. The summed E-state index contributed by atoms with van der Waals surface area (Å²) in [6, 6.07) is 0. The van der Waals surface area contributed by atoms with Gasteiger partial charge >= 0.3 is 0 Å². The van der Waals surface area contributed by atoms with Crippen molar-refractivity contribution in [1.82, 2.24) is 15.6 Å². The third kappa shape index (κ3) is 8.62. The molecular weight excluding hydrogens is 435 g/mol. The molecule has 0 radical (unpaired) electrons. The van der Waals surface area contributed by atoms with Gasteiger partial charge in [0.2, 0.25) is 0 Å². The van der Waals surface area contributed by atoms with Crippen molar-refractivity contribution < 1.29 is 4.74 Å². The minimum Gasteiger partial charge on any atom is -0.378 e. The van der Waals surface area contributed by atoms with Crippen LogP contribution in [-0.4, -0.2) is 36.7 Å². The predicted octanol–water partition coefficient (Wildman–Crippen LogP) is 3.86. The van der Waals surface area contributed by atoms with Crippen LogP contribution >= 0.6 is 35.3 Å². The molecular formula is C17H31IN4OS. The number of hydrogen-bond acceptors (Lipinski definition) is 4. The van der Waals surface area contributed by atoms with Gasteiger partial charge in [0.1, 0.15) is 0 Å². The molecule has 0 spiro atoms. The second kappa shape index (κ2) is 12.9. The van der Waals surface area contributed by atoms with Crippen molar-refractivity contribution in [1.29, 1.82) is 0 Å². The summed E-state index contributed by atoms with van der Waals surface area (Å²) in [4.78, 5) is 10.1. The molecule has 0 unspecified atom stereocenters. The standard InChI is InChI=1S/C17H30N4OS.HI/c1-3-18-17(21-13-16-12-20-14(2)23-16)19-10-7-11-22-15-8-5-4-6-9-15;/h12,15H,3-11,13H2,1-2H3,(H2,18,19,21);1H. The summed E-state index contributed by atoms with van der Waals surface area (Å²) < 4.78 is 5.95. The first kappa shape index (κ1) is 21.6. The molecule has 1 aromatic rings. The van der Waals surface area contributed by atoms with E-state index in [1.807, 2.05) is 13.1 Å². The Morgan fingerprint density at radius 2 is 2.12 bits per heavy atom. The first-order valence-electron chi connectivity index (χ1n) is 8.83. The number of aryl methyl sites for hydroxylation is 1. The number of halogens is 1. The second-order valence-corrected chi connectivity index (χ2v) is 7.27. The monoisotopic (exact) mass is 466 g/mol. The Hall–Kier alpha value is -0.410. The van der Waals surface area contributed by atoms with Gasteiger partial charge in [-0.2, -0.15) is 0 Å². The van der Waals surface area contributed by atoms with Gasteiger partial charge in [-0.25, -0.2) is 9.98 Å². The third-order valence-corrected chi connectivity index (χ3v) is 4.82. The molecule has 24 heavy (non-hydrogen) atoms. The van der Waals surface area contributed by atoms with E-state index in [0.717, 1.165) is 37.1 Å². The fourth-order valence-electron chi connectivity index (χ4n) is 2.74. The van der Waals surface area contributed by atoms with Crippen LogP contribution < -0.4 is 10.6 Å². The van der Waals surface area contributed by atoms with Crippen molar-refractivity contribution in [3.63, 3.8) is 0 Å². The fourth-order valence-corrected chi connectivity index (χ4v) is 3.46. The molecule has 7 heteroatoms. The van der Waals surface area contributed by atoms with E-state index in [0.29, 0.717) is 12.6 Å². The van der Waals surface area contributed by atoms with E-state index >= 15 is 0 Å². The topological polar surface area (TPSA) is 58.5 Å². The quantitative estimate of drug-likeness (QED) is 0.264.